The summed E-state index contributed by atoms with van der Waals surface area (Å²) in [7, 11) is 4.13. The van der Waals surface area contributed by atoms with Gasteiger partial charge in [0.25, 0.3) is 0 Å². The molecule has 0 heterocycles. The van der Waals surface area contributed by atoms with Crippen molar-refractivity contribution in [3.63, 3.8) is 0 Å². The topological polar surface area (TPSA) is 56.3 Å². The number of likely N-dealkylation sites (N-methyl/N-ethyl adjacent to an activating group) is 1. The third-order valence-electron chi connectivity index (χ3n) is 3.16. The third kappa shape index (κ3) is 4.84. The Bertz CT molecular complexity index is 460. The van der Waals surface area contributed by atoms with Crippen molar-refractivity contribution in [1.29, 1.82) is 5.26 Å². The first-order valence-electron chi connectivity index (χ1n) is 7.10. The van der Waals surface area contributed by atoms with Gasteiger partial charge in [0.15, 0.2) is 0 Å². The quantitative estimate of drug-likeness (QED) is 0.826. The molecule has 0 aliphatic carbocycles. The summed E-state index contributed by atoms with van der Waals surface area (Å²) < 4.78 is 0. The predicted molar refractivity (Wildman–Crippen MR) is 84.7 cm³/mol. The van der Waals surface area contributed by atoms with Gasteiger partial charge in [-0.3, -0.25) is 0 Å². The molecule has 1 rings (SSSR count). The number of hydrogen-bond donors (Lipinski definition) is 1. The van der Waals surface area contributed by atoms with Crippen LogP contribution in [0.25, 0.3) is 0 Å². The van der Waals surface area contributed by atoms with Gasteiger partial charge in [-0.2, -0.15) is 5.26 Å². The summed E-state index contributed by atoms with van der Waals surface area (Å²) in [4.78, 5) is 4.46. The fourth-order valence-corrected chi connectivity index (χ4v) is 2.15. The molecule has 4 heteroatoms. The number of rotatable bonds is 7. The van der Waals surface area contributed by atoms with Crippen LogP contribution in [0, 0.1) is 17.2 Å². The molecule has 0 saturated heterocycles. The van der Waals surface area contributed by atoms with Gasteiger partial charge in [-0.05, 0) is 37.7 Å². The van der Waals surface area contributed by atoms with E-state index >= 15 is 0 Å². The highest BCUT2D eigenvalue weighted by molar-refractivity contribution is 5.60. The Kier molecular flexibility index (Phi) is 6.50. The van der Waals surface area contributed by atoms with E-state index in [1.54, 1.807) is 0 Å². The lowest BCUT2D eigenvalue weighted by atomic mass is 10.1. The van der Waals surface area contributed by atoms with E-state index in [1.807, 2.05) is 18.2 Å². The standard InChI is InChI=1S/C16H26N4/c1-13(2)12-20(8-7-19(3)4)16-6-5-14(10-17)9-15(16)11-18/h5-6,9,13H,7-8,10,12,17H2,1-4H3. The van der Waals surface area contributed by atoms with Crippen LogP contribution in [0.1, 0.15) is 25.0 Å². The molecule has 0 saturated carbocycles. The van der Waals surface area contributed by atoms with Gasteiger partial charge in [0, 0.05) is 26.2 Å². The number of benzene rings is 1. The number of anilines is 1. The highest BCUT2D eigenvalue weighted by Gasteiger charge is 2.13. The van der Waals surface area contributed by atoms with E-state index in [2.05, 4.69) is 43.8 Å². The van der Waals surface area contributed by atoms with Gasteiger partial charge in [-0.25, -0.2) is 0 Å². The molecule has 0 aromatic heterocycles. The average Bonchev–Trinajstić information content (AvgIpc) is 2.42. The van der Waals surface area contributed by atoms with E-state index < -0.39 is 0 Å². The van der Waals surface area contributed by atoms with Crippen molar-refractivity contribution in [3.05, 3.63) is 29.3 Å². The first-order valence-corrected chi connectivity index (χ1v) is 7.10. The summed E-state index contributed by atoms with van der Waals surface area (Å²) in [5.41, 5.74) is 8.38. The summed E-state index contributed by atoms with van der Waals surface area (Å²) >= 11 is 0. The third-order valence-corrected chi connectivity index (χ3v) is 3.16. The predicted octanol–water partition coefficient (Wildman–Crippen LogP) is 2.04. The van der Waals surface area contributed by atoms with E-state index in [1.165, 1.54) is 0 Å². The zero-order chi connectivity index (χ0) is 15.1. The Balaban J connectivity index is 3.02. The number of hydrogen-bond acceptors (Lipinski definition) is 4. The Hall–Kier alpha value is -1.57. The summed E-state index contributed by atoms with van der Waals surface area (Å²) in [6, 6.07) is 8.24. The summed E-state index contributed by atoms with van der Waals surface area (Å²) in [6.07, 6.45) is 0. The lowest BCUT2D eigenvalue weighted by Gasteiger charge is -2.29. The Morgan fingerprint density at radius 2 is 1.95 bits per heavy atom. The van der Waals surface area contributed by atoms with Gasteiger partial charge in [-0.1, -0.05) is 19.9 Å². The van der Waals surface area contributed by atoms with E-state index in [0.717, 1.165) is 30.9 Å². The molecule has 0 aliphatic rings. The molecule has 110 valence electrons. The van der Waals surface area contributed by atoms with Gasteiger partial charge >= 0.3 is 0 Å². The second kappa shape index (κ2) is 7.88. The smallest absolute Gasteiger partial charge is 0.101 e. The molecule has 0 radical (unpaired) electrons. The first kappa shape index (κ1) is 16.5. The molecule has 0 unspecified atom stereocenters. The molecule has 0 amide bonds. The number of nitrogens with zero attached hydrogens (tertiary/aromatic N) is 3. The molecule has 0 fully saturated rings. The minimum atomic E-state index is 0.469. The van der Waals surface area contributed by atoms with Gasteiger partial charge in [0.05, 0.1) is 11.3 Å². The largest absolute Gasteiger partial charge is 0.369 e. The second-order valence-corrected chi connectivity index (χ2v) is 5.81. The van der Waals surface area contributed by atoms with E-state index in [9.17, 15) is 5.26 Å². The van der Waals surface area contributed by atoms with E-state index in [4.69, 9.17) is 5.73 Å². The molecule has 0 aliphatic heterocycles. The van der Waals surface area contributed by atoms with Crippen LogP contribution in [0.4, 0.5) is 5.69 Å². The fourth-order valence-electron chi connectivity index (χ4n) is 2.15. The fraction of sp³-hybridized carbons (Fsp3) is 0.562. The first-order chi connectivity index (χ1) is 9.47. The van der Waals surface area contributed by atoms with Crippen LogP contribution in [0.15, 0.2) is 18.2 Å². The number of nitriles is 1. The lowest BCUT2D eigenvalue weighted by Crippen LogP contribution is -2.34. The van der Waals surface area contributed by atoms with Crippen molar-refractivity contribution in [1.82, 2.24) is 4.90 Å². The zero-order valence-electron chi connectivity index (χ0n) is 13.1. The minimum absolute atomic E-state index is 0.469. The molecule has 1 aromatic rings. The van der Waals surface area contributed by atoms with Crippen LogP contribution in [-0.4, -0.2) is 38.6 Å². The summed E-state index contributed by atoms with van der Waals surface area (Å²) in [5.74, 6) is 0.554. The van der Waals surface area contributed by atoms with Gasteiger partial charge < -0.3 is 15.5 Å². The molecule has 1 aromatic carbocycles. The molecule has 0 bridgehead atoms. The Labute approximate surface area is 122 Å². The molecule has 4 nitrogen and oxygen atoms in total. The van der Waals surface area contributed by atoms with Crippen LogP contribution in [-0.2, 0) is 6.54 Å². The maximum Gasteiger partial charge on any atom is 0.101 e. The highest BCUT2D eigenvalue weighted by Crippen LogP contribution is 2.22. The summed E-state index contributed by atoms with van der Waals surface area (Å²) in [5, 5.41) is 9.37. The van der Waals surface area contributed by atoms with Crippen LogP contribution < -0.4 is 10.6 Å². The maximum atomic E-state index is 9.37. The van der Waals surface area contributed by atoms with E-state index in [-0.39, 0.29) is 0 Å². The molecular weight excluding hydrogens is 248 g/mol. The molecule has 20 heavy (non-hydrogen) atoms. The number of nitrogens with two attached hydrogens (primary N) is 1. The SMILES string of the molecule is CC(C)CN(CCN(C)C)c1ccc(CN)cc1C#N. The lowest BCUT2D eigenvalue weighted by molar-refractivity contribution is 0.409. The van der Waals surface area contributed by atoms with Crippen molar-refractivity contribution < 1.29 is 0 Å². The average molecular weight is 274 g/mol. The van der Waals surface area contributed by atoms with Gasteiger partial charge in [-0.15, -0.1) is 0 Å². The maximum absolute atomic E-state index is 9.37. The Morgan fingerprint density at radius 3 is 2.45 bits per heavy atom. The van der Waals surface area contributed by atoms with Gasteiger partial charge in [0.1, 0.15) is 6.07 Å². The molecule has 2 N–H and O–H groups in total. The molecule has 0 spiro atoms. The van der Waals surface area contributed by atoms with Crippen molar-refractivity contribution in [2.75, 3.05) is 38.6 Å². The van der Waals surface area contributed by atoms with Crippen LogP contribution in [0.2, 0.25) is 0 Å². The van der Waals surface area contributed by atoms with Crippen molar-refractivity contribution in [2.24, 2.45) is 11.7 Å². The molecular formula is C16H26N4. The van der Waals surface area contributed by atoms with Crippen LogP contribution in [0.5, 0.6) is 0 Å². The monoisotopic (exact) mass is 274 g/mol. The van der Waals surface area contributed by atoms with Crippen molar-refractivity contribution in [2.45, 2.75) is 20.4 Å². The van der Waals surface area contributed by atoms with Crippen LogP contribution >= 0.6 is 0 Å². The second-order valence-electron chi connectivity index (χ2n) is 5.81. The highest BCUT2D eigenvalue weighted by atomic mass is 15.2. The Morgan fingerprint density at radius 1 is 1.25 bits per heavy atom. The zero-order valence-corrected chi connectivity index (χ0v) is 13.1. The van der Waals surface area contributed by atoms with Crippen molar-refractivity contribution in [3.8, 4) is 6.07 Å². The minimum Gasteiger partial charge on any atom is -0.369 e. The van der Waals surface area contributed by atoms with E-state index in [0.29, 0.717) is 18.0 Å². The van der Waals surface area contributed by atoms with Gasteiger partial charge in [0.2, 0.25) is 0 Å². The molecule has 0 atom stereocenters. The summed E-state index contributed by atoms with van der Waals surface area (Å²) in [6.45, 7) is 7.70. The normalized spacial score (nSPS) is 10.9. The van der Waals surface area contributed by atoms with Crippen LogP contribution in [0.3, 0.4) is 0 Å². The van der Waals surface area contributed by atoms with Crippen molar-refractivity contribution >= 4 is 5.69 Å².